The van der Waals surface area contributed by atoms with Gasteiger partial charge in [-0.15, -0.1) is 0 Å². The van der Waals surface area contributed by atoms with E-state index in [0.717, 1.165) is 60.2 Å². The molecule has 0 unspecified atom stereocenters. The van der Waals surface area contributed by atoms with E-state index in [1.54, 1.807) is 6.20 Å². The minimum atomic E-state index is -1.94. The largest absolute Gasteiger partial charge is 0.416 e. The second kappa shape index (κ2) is 11.4. The molecule has 1 aromatic carbocycles. The highest BCUT2D eigenvalue weighted by atomic mass is 28.4. The summed E-state index contributed by atoms with van der Waals surface area (Å²) in [6, 6.07) is 10.5. The molecule has 0 radical (unpaired) electrons. The van der Waals surface area contributed by atoms with Crippen molar-refractivity contribution in [3.8, 4) is 17.3 Å². The molecule has 0 amide bonds. The molecule has 1 atom stereocenters. The lowest BCUT2D eigenvalue weighted by Crippen LogP contribution is -2.45. The number of nitrogens with one attached hydrogen (secondary N) is 2. The number of piperidine rings is 1. The Balaban J connectivity index is 1.40. The first kappa shape index (κ1) is 30.2. The van der Waals surface area contributed by atoms with Crippen LogP contribution in [0, 0.1) is 24.2 Å². The lowest BCUT2D eigenvalue weighted by atomic mass is 9.83. The number of anilines is 3. The van der Waals surface area contributed by atoms with E-state index in [2.05, 4.69) is 85.2 Å². The zero-order valence-electron chi connectivity index (χ0n) is 26.5. The fourth-order valence-corrected chi connectivity index (χ4v) is 6.69. The summed E-state index contributed by atoms with van der Waals surface area (Å²) >= 11 is 0. The van der Waals surface area contributed by atoms with Crippen molar-refractivity contribution in [3.63, 3.8) is 0 Å². The molecule has 2 aromatic heterocycles. The molecule has 0 saturated carbocycles. The van der Waals surface area contributed by atoms with Crippen LogP contribution in [-0.4, -0.2) is 66.3 Å². The van der Waals surface area contributed by atoms with E-state index < -0.39 is 8.32 Å². The van der Waals surface area contributed by atoms with Crippen molar-refractivity contribution in [2.45, 2.75) is 77.6 Å². The first-order valence-electron chi connectivity index (χ1n) is 15.1. The number of likely N-dealkylation sites (tertiary alicyclic amines) is 1. The van der Waals surface area contributed by atoms with E-state index >= 15 is 0 Å². The third-order valence-electron chi connectivity index (χ3n) is 9.48. The van der Waals surface area contributed by atoms with Crippen LogP contribution in [0.25, 0.3) is 11.3 Å². The number of fused-ring (bicyclic) bond motifs is 1. The van der Waals surface area contributed by atoms with Crippen molar-refractivity contribution in [1.29, 1.82) is 5.26 Å². The summed E-state index contributed by atoms with van der Waals surface area (Å²) in [6.45, 7) is 20.1. The Kier molecular flexibility index (Phi) is 8.22. The van der Waals surface area contributed by atoms with Gasteiger partial charge in [0.05, 0.1) is 22.6 Å². The van der Waals surface area contributed by atoms with E-state index in [9.17, 15) is 5.26 Å². The van der Waals surface area contributed by atoms with Gasteiger partial charge in [0.1, 0.15) is 11.9 Å². The van der Waals surface area contributed by atoms with Gasteiger partial charge < -0.3 is 20.0 Å². The smallest absolute Gasteiger partial charge is 0.228 e. The molecule has 9 nitrogen and oxygen atoms in total. The Morgan fingerprint density at radius 3 is 2.64 bits per heavy atom. The van der Waals surface area contributed by atoms with Crippen LogP contribution in [0.4, 0.5) is 17.5 Å². The Bertz CT molecular complexity index is 1480. The first-order chi connectivity index (χ1) is 19.8. The second-order valence-electron chi connectivity index (χ2n) is 14.0. The summed E-state index contributed by atoms with van der Waals surface area (Å²) in [7, 11) is 0.250. The predicted octanol–water partition coefficient (Wildman–Crippen LogP) is 6.31. The molecule has 0 aliphatic carbocycles. The number of nitriles is 1. The topological polar surface area (TPSA) is 104 Å². The summed E-state index contributed by atoms with van der Waals surface area (Å²) in [6.07, 6.45) is 4.12. The lowest BCUT2D eigenvalue weighted by molar-refractivity contribution is 0.202. The fourth-order valence-electron chi connectivity index (χ4n) is 5.58. The fraction of sp³-hybridized carbons (Fsp3) is 0.562. The van der Waals surface area contributed by atoms with Gasteiger partial charge in [0.15, 0.2) is 8.32 Å². The van der Waals surface area contributed by atoms with Crippen LogP contribution >= 0.6 is 0 Å². The van der Waals surface area contributed by atoms with Crippen LogP contribution in [0.5, 0.6) is 0 Å². The van der Waals surface area contributed by atoms with Gasteiger partial charge in [-0.3, -0.25) is 0 Å². The summed E-state index contributed by atoms with van der Waals surface area (Å²) in [5.74, 6) is 2.01. The lowest BCUT2D eigenvalue weighted by Gasteiger charge is -2.39. The van der Waals surface area contributed by atoms with Crippen molar-refractivity contribution < 1.29 is 4.43 Å². The SMILES string of the molecule is Cc1cc(Nc2nccc(-c3cc(C#N)c4c(c3)[C@@](C)(CO[Si](C)(C)C(C)(C)C)CN4)n2)n(CC2CCN(C)CC2)n1. The normalized spacial score (nSPS) is 19.8. The Hall–Kier alpha value is -3.26. The van der Waals surface area contributed by atoms with Crippen molar-refractivity contribution >= 4 is 25.8 Å². The van der Waals surface area contributed by atoms with Crippen LogP contribution < -0.4 is 10.6 Å². The standard InChI is InChI=1S/C32H46N8OSi/c1-22-15-28(40(38-22)19-23-10-13-39(6)14-11-23)37-30-34-12-9-27(36-30)24-16-25(18-33)29-26(17-24)32(5,20-35-29)21-41-42(7,8)31(2,3)4/h9,12,15-17,23,35H,10-11,13-14,19-21H2,1-8H3,(H,34,36,37)/t32-/m1/s1. The zero-order valence-corrected chi connectivity index (χ0v) is 27.5. The predicted molar refractivity (Wildman–Crippen MR) is 172 cm³/mol. The third kappa shape index (κ3) is 6.24. The average molecular weight is 587 g/mol. The maximum absolute atomic E-state index is 10.1. The van der Waals surface area contributed by atoms with Gasteiger partial charge in [-0.1, -0.05) is 27.7 Å². The van der Waals surface area contributed by atoms with Gasteiger partial charge in [-0.05, 0) is 87.7 Å². The van der Waals surface area contributed by atoms with Crippen LogP contribution in [0.3, 0.4) is 0 Å². The highest BCUT2D eigenvalue weighted by Gasteiger charge is 2.42. The summed E-state index contributed by atoms with van der Waals surface area (Å²) in [5.41, 5.74) is 5.01. The van der Waals surface area contributed by atoms with Gasteiger partial charge in [-0.2, -0.15) is 10.4 Å². The van der Waals surface area contributed by atoms with Crippen molar-refractivity contribution in [2.75, 3.05) is 43.9 Å². The molecule has 2 aliphatic heterocycles. The van der Waals surface area contributed by atoms with Gasteiger partial charge >= 0.3 is 0 Å². The van der Waals surface area contributed by atoms with Crippen LogP contribution in [0.2, 0.25) is 18.1 Å². The first-order valence-corrected chi connectivity index (χ1v) is 18.0. The number of nitrogens with zero attached hydrogens (tertiary/aromatic N) is 6. The molecule has 2 N–H and O–H groups in total. The molecule has 42 heavy (non-hydrogen) atoms. The zero-order chi connectivity index (χ0) is 30.3. The monoisotopic (exact) mass is 586 g/mol. The van der Waals surface area contributed by atoms with Gasteiger partial charge in [0.25, 0.3) is 0 Å². The molecular formula is C32H46N8OSi. The molecule has 2 aliphatic rings. The minimum absolute atomic E-state index is 0.128. The highest BCUT2D eigenvalue weighted by molar-refractivity contribution is 6.74. The molecule has 1 saturated heterocycles. The van der Waals surface area contributed by atoms with Gasteiger partial charge in [0, 0.05) is 42.9 Å². The summed E-state index contributed by atoms with van der Waals surface area (Å²) in [5, 5.41) is 21.9. The molecular weight excluding hydrogens is 540 g/mol. The quantitative estimate of drug-likeness (QED) is 0.296. The van der Waals surface area contributed by atoms with E-state index in [-0.39, 0.29) is 10.5 Å². The maximum atomic E-state index is 10.1. The Morgan fingerprint density at radius 2 is 1.95 bits per heavy atom. The molecule has 0 spiro atoms. The van der Waals surface area contributed by atoms with Crippen molar-refractivity contribution in [2.24, 2.45) is 5.92 Å². The molecule has 1 fully saturated rings. The number of benzene rings is 1. The molecule has 224 valence electrons. The summed E-state index contributed by atoms with van der Waals surface area (Å²) in [4.78, 5) is 11.8. The molecule has 5 rings (SSSR count). The molecule has 3 aromatic rings. The maximum Gasteiger partial charge on any atom is 0.228 e. The second-order valence-corrected chi connectivity index (χ2v) is 18.8. The van der Waals surface area contributed by atoms with Crippen LogP contribution in [-0.2, 0) is 16.4 Å². The van der Waals surface area contributed by atoms with E-state index in [1.807, 2.05) is 25.1 Å². The minimum Gasteiger partial charge on any atom is -0.416 e. The van der Waals surface area contributed by atoms with Crippen LogP contribution in [0.1, 0.15) is 57.4 Å². The molecule has 0 bridgehead atoms. The van der Waals surface area contributed by atoms with Crippen LogP contribution in [0.15, 0.2) is 30.5 Å². The number of hydrogen-bond donors (Lipinski definition) is 2. The van der Waals surface area contributed by atoms with Crippen molar-refractivity contribution in [3.05, 3.63) is 47.3 Å². The number of hydrogen-bond acceptors (Lipinski definition) is 8. The van der Waals surface area contributed by atoms with E-state index in [4.69, 9.17) is 14.5 Å². The van der Waals surface area contributed by atoms with Crippen molar-refractivity contribution in [1.82, 2.24) is 24.6 Å². The number of rotatable bonds is 8. The summed E-state index contributed by atoms with van der Waals surface area (Å²) < 4.78 is 8.74. The Labute approximate surface area is 251 Å². The molecule has 10 heteroatoms. The van der Waals surface area contributed by atoms with E-state index in [0.29, 0.717) is 24.0 Å². The Morgan fingerprint density at radius 1 is 1.21 bits per heavy atom. The highest BCUT2D eigenvalue weighted by Crippen LogP contribution is 2.44. The van der Waals surface area contributed by atoms with E-state index in [1.165, 1.54) is 12.8 Å². The average Bonchev–Trinajstić information content (AvgIpc) is 3.46. The van der Waals surface area contributed by atoms with Gasteiger partial charge in [-0.25, -0.2) is 14.6 Å². The number of aryl methyl sites for hydroxylation is 1. The van der Waals surface area contributed by atoms with Gasteiger partial charge in [0.2, 0.25) is 5.95 Å². The number of aromatic nitrogens is 4. The molecule has 4 heterocycles. The third-order valence-corrected chi connectivity index (χ3v) is 14.0.